The van der Waals surface area contributed by atoms with Crippen LogP contribution < -0.4 is 0 Å². The molecule has 4 atom stereocenters. The lowest BCUT2D eigenvalue weighted by Gasteiger charge is -2.23. The molecule has 4 unspecified atom stereocenters. The van der Waals surface area contributed by atoms with E-state index >= 15 is 0 Å². The SMILES string of the molecule is O=C(O)CCCCCCCCC(CC1CO1)C(CC1CO1)C(=O)O. The van der Waals surface area contributed by atoms with Crippen molar-refractivity contribution in [3.63, 3.8) is 0 Å². The molecule has 24 heavy (non-hydrogen) atoms. The van der Waals surface area contributed by atoms with Crippen LogP contribution in [-0.2, 0) is 19.1 Å². The molecule has 2 aliphatic rings. The van der Waals surface area contributed by atoms with Crippen LogP contribution in [0.3, 0.4) is 0 Å². The van der Waals surface area contributed by atoms with E-state index < -0.39 is 11.9 Å². The van der Waals surface area contributed by atoms with Crippen molar-refractivity contribution in [3.8, 4) is 0 Å². The Kier molecular flexibility index (Phi) is 7.99. The summed E-state index contributed by atoms with van der Waals surface area (Å²) in [5.41, 5.74) is 0. The molecule has 0 amide bonds. The minimum atomic E-state index is -0.723. The smallest absolute Gasteiger partial charge is 0.306 e. The van der Waals surface area contributed by atoms with Gasteiger partial charge in [0.05, 0.1) is 31.3 Å². The van der Waals surface area contributed by atoms with Gasteiger partial charge in [-0.1, -0.05) is 32.1 Å². The normalized spacial score (nSPS) is 24.3. The Hall–Kier alpha value is -1.14. The first kappa shape index (κ1) is 19.2. The van der Waals surface area contributed by atoms with Gasteiger partial charge in [-0.25, -0.2) is 0 Å². The van der Waals surface area contributed by atoms with Gasteiger partial charge in [-0.05, 0) is 31.6 Å². The van der Waals surface area contributed by atoms with Gasteiger partial charge in [0.15, 0.2) is 0 Å². The standard InChI is InChI=1S/C18H30O6/c19-17(20)8-6-4-2-1-3-5-7-13(9-14-11-23-14)16(18(21)22)10-15-12-24-15/h13-16H,1-12H2,(H,19,20)(H,21,22). The van der Waals surface area contributed by atoms with Gasteiger partial charge >= 0.3 is 11.9 Å². The highest BCUT2D eigenvalue weighted by molar-refractivity contribution is 5.70. The molecule has 0 aliphatic carbocycles. The highest BCUT2D eigenvalue weighted by atomic mass is 16.6. The zero-order valence-electron chi connectivity index (χ0n) is 14.3. The first-order valence-corrected chi connectivity index (χ1v) is 9.24. The van der Waals surface area contributed by atoms with E-state index in [1.165, 1.54) is 0 Å². The maximum atomic E-state index is 11.6. The zero-order chi connectivity index (χ0) is 17.4. The van der Waals surface area contributed by atoms with Gasteiger partial charge in [0.2, 0.25) is 0 Å². The zero-order valence-corrected chi connectivity index (χ0v) is 14.3. The number of unbranched alkanes of at least 4 members (excludes halogenated alkanes) is 5. The first-order chi connectivity index (χ1) is 11.6. The average Bonchev–Trinajstić information content (AvgIpc) is 3.41. The maximum Gasteiger partial charge on any atom is 0.306 e. The second-order valence-corrected chi connectivity index (χ2v) is 7.14. The summed E-state index contributed by atoms with van der Waals surface area (Å²) in [6.45, 7) is 1.47. The number of epoxide rings is 2. The topological polar surface area (TPSA) is 99.7 Å². The van der Waals surface area contributed by atoms with Crippen LogP contribution in [0.2, 0.25) is 0 Å². The molecule has 0 radical (unpaired) electrons. The highest BCUT2D eigenvalue weighted by Crippen LogP contribution is 2.34. The van der Waals surface area contributed by atoms with Crippen LogP contribution in [-0.4, -0.2) is 47.6 Å². The molecule has 2 heterocycles. The van der Waals surface area contributed by atoms with Gasteiger partial charge in [0.1, 0.15) is 0 Å². The molecule has 0 spiro atoms. The van der Waals surface area contributed by atoms with Crippen molar-refractivity contribution in [2.75, 3.05) is 13.2 Å². The molecule has 138 valence electrons. The molecule has 6 nitrogen and oxygen atoms in total. The van der Waals surface area contributed by atoms with Crippen LogP contribution in [0.5, 0.6) is 0 Å². The van der Waals surface area contributed by atoms with Crippen molar-refractivity contribution in [3.05, 3.63) is 0 Å². The van der Waals surface area contributed by atoms with Crippen molar-refractivity contribution < 1.29 is 29.3 Å². The summed E-state index contributed by atoms with van der Waals surface area (Å²) in [5, 5.41) is 18.1. The summed E-state index contributed by atoms with van der Waals surface area (Å²) >= 11 is 0. The molecule has 0 saturated carbocycles. The Balaban J connectivity index is 1.62. The van der Waals surface area contributed by atoms with Crippen molar-refractivity contribution in [2.24, 2.45) is 11.8 Å². The van der Waals surface area contributed by atoms with Gasteiger partial charge in [0.25, 0.3) is 0 Å². The van der Waals surface area contributed by atoms with E-state index in [-0.39, 0.29) is 30.5 Å². The third kappa shape index (κ3) is 8.11. The molecule has 2 fully saturated rings. The van der Waals surface area contributed by atoms with E-state index in [0.717, 1.165) is 58.0 Å². The second kappa shape index (κ2) is 9.99. The van der Waals surface area contributed by atoms with E-state index in [4.69, 9.17) is 14.6 Å². The minimum Gasteiger partial charge on any atom is -0.481 e. The predicted molar refractivity (Wildman–Crippen MR) is 87.9 cm³/mol. The number of carboxylic acids is 2. The maximum absolute atomic E-state index is 11.6. The van der Waals surface area contributed by atoms with Gasteiger partial charge in [-0.15, -0.1) is 0 Å². The van der Waals surface area contributed by atoms with Crippen LogP contribution in [0, 0.1) is 11.8 Å². The minimum absolute atomic E-state index is 0.142. The molecule has 2 N–H and O–H groups in total. The fourth-order valence-corrected chi connectivity index (χ4v) is 3.40. The predicted octanol–water partition coefficient (Wildman–Crippen LogP) is 3.09. The highest BCUT2D eigenvalue weighted by Gasteiger charge is 2.38. The Morgan fingerprint density at radius 2 is 1.42 bits per heavy atom. The van der Waals surface area contributed by atoms with E-state index in [1.807, 2.05) is 0 Å². The lowest BCUT2D eigenvalue weighted by atomic mass is 9.81. The van der Waals surface area contributed by atoms with Crippen LogP contribution >= 0.6 is 0 Å². The van der Waals surface area contributed by atoms with Crippen molar-refractivity contribution in [1.82, 2.24) is 0 Å². The molecule has 6 heteroatoms. The van der Waals surface area contributed by atoms with Gasteiger partial charge < -0.3 is 19.7 Å². The fourth-order valence-electron chi connectivity index (χ4n) is 3.40. The largest absolute Gasteiger partial charge is 0.481 e. The van der Waals surface area contributed by atoms with E-state index in [2.05, 4.69) is 0 Å². The molecule has 0 aromatic carbocycles. The summed E-state index contributed by atoms with van der Waals surface area (Å²) < 4.78 is 10.5. The summed E-state index contributed by atoms with van der Waals surface area (Å²) in [6.07, 6.45) is 9.04. The summed E-state index contributed by atoms with van der Waals surface area (Å²) in [4.78, 5) is 22.1. The quantitative estimate of drug-likeness (QED) is 0.350. The summed E-state index contributed by atoms with van der Waals surface area (Å²) in [6, 6.07) is 0. The van der Waals surface area contributed by atoms with Crippen molar-refractivity contribution in [2.45, 2.75) is 76.4 Å². The number of hydrogen-bond acceptors (Lipinski definition) is 4. The summed E-state index contributed by atoms with van der Waals surface area (Å²) in [7, 11) is 0. The van der Waals surface area contributed by atoms with Gasteiger partial charge in [-0.3, -0.25) is 9.59 Å². The van der Waals surface area contributed by atoms with E-state index in [1.54, 1.807) is 0 Å². The molecule has 0 aromatic rings. The van der Waals surface area contributed by atoms with Gasteiger partial charge in [0, 0.05) is 6.42 Å². The van der Waals surface area contributed by atoms with Crippen LogP contribution in [0.25, 0.3) is 0 Å². The number of carbonyl (C=O) groups is 2. The molecular formula is C18H30O6. The third-order valence-electron chi connectivity index (χ3n) is 4.99. The van der Waals surface area contributed by atoms with Crippen molar-refractivity contribution in [1.29, 1.82) is 0 Å². The Morgan fingerprint density at radius 1 is 0.875 bits per heavy atom. The third-order valence-corrected chi connectivity index (χ3v) is 4.99. The van der Waals surface area contributed by atoms with Crippen molar-refractivity contribution >= 4 is 11.9 Å². The molecule has 2 rings (SSSR count). The fraction of sp³-hybridized carbons (Fsp3) is 0.889. The number of hydrogen-bond donors (Lipinski definition) is 2. The molecule has 2 aliphatic heterocycles. The molecule has 0 aromatic heterocycles. The second-order valence-electron chi connectivity index (χ2n) is 7.14. The Bertz CT molecular complexity index is 402. The van der Waals surface area contributed by atoms with E-state index in [9.17, 15) is 14.7 Å². The van der Waals surface area contributed by atoms with Gasteiger partial charge in [-0.2, -0.15) is 0 Å². The Morgan fingerprint density at radius 3 is 1.96 bits per heavy atom. The summed E-state index contributed by atoms with van der Waals surface area (Å²) in [5.74, 6) is -1.58. The van der Waals surface area contributed by atoms with Crippen LogP contribution in [0.15, 0.2) is 0 Å². The number of carboxylic acid groups (broad SMARTS) is 2. The average molecular weight is 342 g/mol. The Labute approximate surface area is 143 Å². The van der Waals surface area contributed by atoms with Crippen LogP contribution in [0.4, 0.5) is 0 Å². The lowest BCUT2D eigenvalue weighted by Crippen LogP contribution is -2.26. The molecule has 2 saturated heterocycles. The lowest BCUT2D eigenvalue weighted by molar-refractivity contribution is -0.144. The number of ether oxygens (including phenoxy) is 2. The number of rotatable bonds is 15. The molecule has 0 bridgehead atoms. The molecular weight excluding hydrogens is 312 g/mol. The monoisotopic (exact) mass is 342 g/mol. The van der Waals surface area contributed by atoms with Crippen LogP contribution in [0.1, 0.15) is 64.2 Å². The number of aliphatic carboxylic acids is 2. The first-order valence-electron chi connectivity index (χ1n) is 9.24. The van der Waals surface area contributed by atoms with E-state index in [0.29, 0.717) is 13.0 Å².